The quantitative estimate of drug-likeness (QED) is 0.748. The summed E-state index contributed by atoms with van der Waals surface area (Å²) in [6.45, 7) is 0.419. The molecule has 5 nitrogen and oxygen atoms in total. The summed E-state index contributed by atoms with van der Waals surface area (Å²) in [6, 6.07) is 0.362. The van der Waals surface area contributed by atoms with E-state index < -0.39 is 0 Å². The van der Waals surface area contributed by atoms with Gasteiger partial charge in [0.15, 0.2) is 0 Å². The fourth-order valence-corrected chi connectivity index (χ4v) is 5.80. The lowest BCUT2D eigenvalue weighted by Crippen LogP contribution is -2.37. The van der Waals surface area contributed by atoms with Gasteiger partial charge in [-0.15, -0.1) is 11.3 Å². The van der Waals surface area contributed by atoms with Gasteiger partial charge in [0.05, 0.1) is 11.7 Å². The van der Waals surface area contributed by atoms with E-state index in [1.807, 2.05) is 11.9 Å². The van der Waals surface area contributed by atoms with Crippen LogP contribution in [0.1, 0.15) is 68.2 Å². The molecular formula is C21H29N3O2S. The molecule has 0 saturated heterocycles. The number of carbonyl (C=O) groups is 1. The zero-order valence-electron chi connectivity index (χ0n) is 16.2. The molecule has 2 aliphatic carbocycles. The van der Waals surface area contributed by atoms with Crippen LogP contribution in [0.3, 0.4) is 0 Å². The van der Waals surface area contributed by atoms with Crippen molar-refractivity contribution in [2.24, 2.45) is 0 Å². The van der Waals surface area contributed by atoms with E-state index in [1.165, 1.54) is 42.5 Å². The highest BCUT2D eigenvalue weighted by molar-refractivity contribution is 7.18. The molecule has 4 rings (SSSR count). The summed E-state index contributed by atoms with van der Waals surface area (Å²) in [5.41, 5.74) is 1.25. The number of fused-ring (bicyclic) bond motifs is 3. The Labute approximate surface area is 164 Å². The van der Waals surface area contributed by atoms with E-state index in [1.54, 1.807) is 22.2 Å². The fourth-order valence-electron chi connectivity index (χ4n) is 4.58. The van der Waals surface area contributed by atoms with Gasteiger partial charge in [-0.1, -0.05) is 25.7 Å². The Hall–Kier alpha value is -1.69. The van der Waals surface area contributed by atoms with Crippen molar-refractivity contribution in [1.29, 1.82) is 0 Å². The first-order chi connectivity index (χ1) is 13.1. The standard InChI is InChI=1S/C21H29N3O2S/c1-23(15-8-4-2-3-5-9-15)18(25)12-13-24-14-22-20-19(21(24)26)16-10-6-7-11-17(16)27-20/h14-15H,2-13H2,1H3. The van der Waals surface area contributed by atoms with Gasteiger partial charge in [-0.3, -0.25) is 14.2 Å². The molecule has 0 aromatic carbocycles. The second-order valence-corrected chi connectivity index (χ2v) is 9.12. The van der Waals surface area contributed by atoms with Crippen LogP contribution in [0.15, 0.2) is 11.1 Å². The minimum absolute atomic E-state index is 0.0318. The highest BCUT2D eigenvalue weighted by Crippen LogP contribution is 2.33. The van der Waals surface area contributed by atoms with Crippen LogP contribution in [-0.4, -0.2) is 33.4 Å². The van der Waals surface area contributed by atoms with Crippen LogP contribution < -0.4 is 5.56 Å². The van der Waals surface area contributed by atoms with Crippen molar-refractivity contribution in [2.45, 2.75) is 83.2 Å². The monoisotopic (exact) mass is 387 g/mol. The predicted octanol–water partition coefficient (Wildman–Crippen LogP) is 3.91. The molecule has 146 valence electrons. The van der Waals surface area contributed by atoms with Crippen molar-refractivity contribution < 1.29 is 4.79 Å². The van der Waals surface area contributed by atoms with Crippen molar-refractivity contribution in [3.63, 3.8) is 0 Å². The van der Waals surface area contributed by atoms with E-state index >= 15 is 0 Å². The third-order valence-corrected chi connectivity index (χ3v) is 7.47. The van der Waals surface area contributed by atoms with E-state index in [4.69, 9.17) is 0 Å². The molecule has 1 fully saturated rings. The molecule has 0 N–H and O–H groups in total. The van der Waals surface area contributed by atoms with Crippen molar-refractivity contribution in [3.8, 4) is 0 Å². The lowest BCUT2D eigenvalue weighted by Gasteiger charge is -2.27. The number of aryl methyl sites for hydroxylation is 3. The smallest absolute Gasteiger partial charge is 0.262 e. The van der Waals surface area contributed by atoms with Crippen LogP contribution in [0.4, 0.5) is 0 Å². The lowest BCUT2D eigenvalue weighted by molar-refractivity contribution is -0.132. The first-order valence-electron chi connectivity index (χ1n) is 10.4. The van der Waals surface area contributed by atoms with E-state index in [-0.39, 0.29) is 11.5 Å². The van der Waals surface area contributed by atoms with E-state index in [0.29, 0.717) is 19.0 Å². The van der Waals surface area contributed by atoms with Gasteiger partial charge < -0.3 is 4.90 Å². The van der Waals surface area contributed by atoms with Gasteiger partial charge in [0.25, 0.3) is 5.56 Å². The second-order valence-electron chi connectivity index (χ2n) is 8.03. The topological polar surface area (TPSA) is 55.2 Å². The van der Waals surface area contributed by atoms with Gasteiger partial charge >= 0.3 is 0 Å². The van der Waals surface area contributed by atoms with Crippen LogP contribution in [0.25, 0.3) is 10.2 Å². The van der Waals surface area contributed by atoms with Gasteiger partial charge in [-0.05, 0) is 44.1 Å². The normalized spacial score (nSPS) is 18.3. The van der Waals surface area contributed by atoms with Crippen LogP contribution in [-0.2, 0) is 24.2 Å². The molecular weight excluding hydrogens is 358 g/mol. The Morgan fingerprint density at radius 3 is 2.70 bits per heavy atom. The van der Waals surface area contributed by atoms with E-state index in [9.17, 15) is 9.59 Å². The molecule has 2 aromatic heterocycles. The summed E-state index contributed by atoms with van der Waals surface area (Å²) in [4.78, 5) is 34.3. The molecule has 6 heteroatoms. The van der Waals surface area contributed by atoms with Crippen LogP contribution >= 0.6 is 11.3 Å². The Morgan fingerprint density at radius 1 is 1.19 bits per heavy atom. The Bertz CT molecular complexity index is 877. The van der Waals surface area contributed by atoms with Crippen LogP contribution in [0.2, 0.25) is 0 Å². The maximum atomic E-state index is 13.0. The Balaban J connectivity index is 1.48. The Morgan fingerprint density at radius 2 is 1.93 bits per heavy atom. The summed E-state index contributed by atoms with van der Waals surface area (Å²) in [6.07, 6.45) is 13.6. The predicted molar refractivity (Wildman–Crippen MR) is 109 cm³/mol. The van der Waals surface area contributed by atoms with E-state index in [0.717, 1.165) is 42.3 Å². The van der Waals surface area contributed by atoms with E-state index in [2.05, 4.69) is 4.98 Å². The zero-order valence-corrected chi connectivity index (χ0v) is 17.0. The number of rotatable bonds is 4. The number of aromatic nitrogens is 2. The van der Waals surface area contributed by atoms with Crippen LogP contribution in [0.5, 0.6) is 0 Å². The average Bonchev–Trinajstić information content (AvgIpc) is 2.86. The van der Waals surface area contributed by atoms with Gasteiger partial charge in [-0.2, -0.15) is 0 Å². The molecule has 0 atom stereocenters. The lowest BCUT2D eigenvalue weighted by atomic mass is 9.97. The minimum Gasteiger partial charge on any atom is -0.343 e. The Kier molecular flexibility index (Phi) is 5.62. The SMILES string of the molecule is CN(C(=O)CCn1cnc2sc3c(c2c1=O)CCCC3)C1CCCCCC1. The summed E-state index contributed by atoms with van der Waals surface area (Å²) < 4.78 is 1.64. The van der Waals surface area contributed by atoms with Gasteiger partial charge in [0, 0.05) is 30.9 Å². The molecule has 2 aliphatic rings. The summed E-state index contributed by atoms with van der Waals surface area (Å²) >= 11 is 1.67. The zero-order chi connectivity index (χ0) is 18.8. The molecule has 0 radical (unpaired) electrons. The third-order valence-electron chi connectivity index (χ3n) is 6.27. The summed E-state index contributed by atoms with van der Waals surface area (Å²) in [7, 11) is 1.93. The average molecular weight is 388 g/mol. The maximum Gasteiger partial charge on any atom is 0.262 e. The number of hydrogen-bond donors (Lipinski definition) is 0. The number of thiophene rings is 1. The number of hydrogen-bond acceptors (Lipinski definition) is 4. The van der Waals surface area contributed by atoms with Crippen molar-refractivity contribution >= 4 is 27.5 Å². The molecule has 1 saturated carbocycles. The second kappa shape index (κ2) is 8.13. The number of nitrogens with zero attached hydrogens (tertiary/aromatic N) is 3. The molecule has 1 amide bonds. The summed E-state index contributed by atoms with van der Waals surface area (Å²) in [5, 5.41) is 0.807. The first-order valence-corrected chi connectivity index (χ1v) is 11.2. The fraction of sp³-hybridized carbons (Fsp3) is 0.667. The molecule has 0 bridgehead atoms. The van der Waals surface area contributed by atoms with Crippen molar-refractivity contribution in [2.75, 3.05) is 7.05 Å². The number of carbonyl (C=O) groups excluding carboxylic acids is 1. The largest absolute Gasteiger partial charge is 0.343 e. The van der Waals surface area contributed by atoms with Gasteiger partial charge in [0.2, 0.25) is 5.91 Å². The van der Waals surface area contributed by atoms with Crippen molar-refractivity contribution in [1.82, 2.24) is 14.5 Å². The molecule has 2 heterocycles. The minimum atomic E-state index is 0.0318. The third kappa shape index (κ3) is 3.82. The highest BCUT2D eigenvalue weighted by Gasteiger charge is 2.22. The van der Waals surface area contributed by atoms with Crippen molar-refractivity contribution in [3.05, 3.63) is 27.1 Å². The van der Waals surface area contributed by atoms with Gasteiger partial charge in [0.1, 0.15) is 4.83 Å². The highest BCUT2D eigenvalue weighted by atomic mass is 32.1. The maximum absolute atomic E-state index is 13.0. The van der Waals surface area contributed by atoms with Gasteiger partial charge in [-0.25, -0.2) is 4.98 Å². The molecule has 27 heavy (non-hydrogen) atoms. The summed E-state index contributed by atoms with van der Waals surface area (Å²) in [5.74, 6) is 0.140. The molecule has 0 aliphatic heterocycles. The first kappa shape index (κ1) is 18.7. The molecule has 2 aromatic rings. The number of amides is 1. The molecule has 0 unspecified atom stereocenters. The van der Waals surface area contributed by atoms with Crippen LogP contribution in [0, 0.1) is 0 Å². The molecule has 0 spiro atoms.